The fraction of sp³-hybridized carbons (Fsp3) is 0.625. The number of rotatable bonds is 7. The number of halogens is 1. The molecule has 126 valence electrons. The van der Waals surface area contributed by atoms with Crippen LogP contribution in [-0.4, -0.2) is 29.7 Å². The summed E-state index contributed by atoms with van der Waals surface area (Å²) in [6.07, 6.45) is 1.92. The molecule has 5 nitrogen and oxygen atoms in total. The molecule has 0 unspecified atom stereocenters. The molecule has 0 aliphatic heterocycles. The highest BCUT2D eigenvalue weighted by atomic mass is 127. The SMILES string of the molecule is CCNC(=NCCCCn1c(C)cccc1=O)NC(C)C.I. The van der Waals surface area contributed by atoms with Crippen molar-refractivity contribution in [2.45, 2.75) is 53.1 Å². The highest BCUT2D eigenvalue weighted by molar-refractivity contribution is 14.0. The van der Waals surface area contributed by atoms with E-state index in [-0.39, 0.29) is 29.5 Å². The standard InChI is InChI=1S/C16H28N4O.HI/c1-5-17-16(19-13(2)3)18-11-6-7-12-20-14(4)9-8-10-15(20)21;/h8-10,13H,5-7,11-12H2,1-4H3,(H2,17,18,19);1H. The number of hydrogen-bond acceptors (Lipinski definition) is 2. The van der Waals surface area contributed by atoms with E-state index in [1.807, 2.05) is 17.6 Å². The molecule has 0 saturated heterocycles. The van der Waals surface area contributed by atoms with E-state index in [0.29, 0.717) is 6.04 Å². The first-order valence-corrected chi connectivity index (χ1v) is 7.76. The summed E-state index contributed by atoms with van der Waals surface area (Å²) in [6.45, 7) is 10.6. The molecule has 0 bridgehead atoms. The van der Waals surface area contributed by atoms with Gasteiger partial charge in [-0.05, 0) is 46.6 Å². The average Bonchev–Trinajstić information content (AvgIpc) is 2.40. The predicted molar refractivity (Wildman–Crippen MR) is 104 cm³/mol. The Morgan fingerprint density at radius 1 is 1.32 bits per heavy atom. The van der Waals surface area contributed by atoms with E-state index >= 15 is 0 Å². The van der Waals surface area contributed by atoms with Gasteiger partial charge in [-0.25, -0.2) is 0 Å². The zero-order chi connectivity index (χ0) is 15.7. The first-order chi connectivity index (χ1) is 10.0. The Labute approximate surface area is 150 Å². The molecule has 1 aromatic rings. The number of nitrogens with zero attached hydrogens (tertiary/aromatic N) is 2. The Morgan fingerprint density at radius 2 is 2.05 bits per heavy atom. The number of guanidine groups is 1. The van der Waals surface area contributed by atoms with E-state index in [0.717, 1.165) is 44.1 Å². The van der Waals surface area contributed by atoms with Gasteiger partial charge >= 0.3 is 0 Å². The van der Waals surface area contributed by atoms with Gasteiger partial charge in [0.1, 0.15) is 0 Å². The second kappa shape index (κ2) is 11.5. The predicted octanol–water partition coefficient (Wildman–Crippen LogP) is 2.52. The Hall–Kier alpha value is -1.05. The van der Waals surface area contributed by atoms with Crippen LogP contribution in [0, 0.1) is 6.92 Å². The van der Waals surface area contributed by atoms with E-state index in [9.17, 15) is 4.79 Å². The first-order valence-electron chi connectivity index (χ1n) is 7.76. The number of hydrogen-bond donors (Lipinski definition) is 2. The smallest absolute Gasteiger partial charge is 0.250 e. The Kier molecular flexibility index (Phi) is 11.0. The van der Waals surface area contributed by atoms with Crippen molar-refractivity contribution in [2.75, 3.05) is 13.1 Å². The molecule has 22 heavy (non-hydrogen) atoms. The van der Waals surface area contributed by atoms with Crippen LogP contribution in [0.1, 0.15) is 39.3 Å². The highest BCUT2D eigenvalue weighted by Gasteiger charge is 2.00. The molecule has 0 aromatic carbocycles. The number of nitrogens with one attached hydrogen (secondary N) is 2. The van der Waals surface area contributed by atoms with Crippen molar-refractivity contribution in [1.29, 1.82) is 0 Å². The molecule has 1 aromatic heterocycles. The largest absolute Gasteiger partial charge is 0.357 e. The van der Waals surface area contributed by atoms with E-state index in [4.69, 9.17) is 0 Å². The van der Waals surface area contributed by atoms with Crippen molar-refractivity contribution in [2.24, 2.45) is 4.99 Å². The number of pyridine rings is 1. The van der Waals surface area contributed by atoms with Crippen LogP contribution in [0.15, 0.2) is 28.0 Å². The number of unbranched alkanes of at least 4 members (excludes halogenated alkanes) is 1. The molecule has 0 radical (unpaired) electrons. The third-order valence-electron chi connectivity index (χ3n) is 3.10. The Balaban J connectivity index is 0.00000441. The Morgan fingerprint density at radius 3 is 2.64 bits per heavy atom. The molecular formula is C16H29IN4O. The van der Waals surface area contributed by atoms with Crippen LogP contribution in [0.25, 0.3) is 0 Å². The van der Waals surface area contributed by atoms with Gasteiger partial charge in [-0.2, -0.15) is 0 Å². The molecule has 2 N–H and O–H groups in total. The van der Waals surface area contributed by atoms with Gasteiger partial charge in [0, 0.05) is 37.4 Å². The molecule has 0 atom stereocenters. The van der Waals surface area contributed by atoms with Crippen molar-refractivity contribution in [3.05, 3.63) is 34.2 Å². The van der Waals surface area contributed by atoms with E-state index in [1.165, 1.54) is 0 Å². The minimum atomic E-state index is 0. The van der Waals surface area contributed by atoms with Crippen molar-refractivity contribution in [3.8, 4) is 0 Å². The van der Waals surface area contributed by atoms with E-state index in [1.54, 1.807) is 12.1 Å². The van der Waals surface area contributed by atoms with Crippen LogP contribution in [-0.2, 0) is 6.54 Å². The van der Waals surface area contributed by atoms with Gasteiger partial charge < -0.3 is 15.2 Å². The molecule has 6 heteroatoms. The summed E-state index contributed by atoms with van der Waals surface area (Å²) >= 11 is 0. The van der Waals surface area contributed by atoms with Crippen LogP contribution >= 0.6 is 24.0 Å². The van der Waals surface area contributed by atoms with Crippen molar-refractivity contribution < 1.29 is 0 Å². The summed E-state index contributed by atoms with van der Waals surface area (Å²) in [4.78, 5) is 16.3. The monoisotopic (exact) mass is 420 g/mol. The lowest BCUT2D eigenvalue weighted by molar-refractivity contribution is 0.584. The third kappa shape index (κ3) is 7.82. The van der Waals surface area contributed by atoms with Gasteiger partial charge in [-0.3, -0.25) is 9.79 Å². The molecule has 0 saturated carbocycles. The van der Waals surface area contributed by atoms with Crippen LogP contribution in [0.5, 0.6) is 0 Å². The van der Waals surface area contributed by atoms with Crippen LogP contribution in [0.3, 0.4) is 0 Å². The molecule has 1 rings (SSSR count). The third-order valence-corrected chi connectivity index (χ3v) is 3.10. The van der Waals surface area contributed by atoms with Gasteiger partial charge in [-0.1, -0.05) is 6.07 Å². The minimum absolute atomic E-state index is 0. The van der Waals surface area contributed by atoms with Gasteiger partial charge in [0.05, 0.1) is 0 Å². The second-order valence-corrected chi connectivity index (χ2v) is 5.42. The molecule has 0 amide bonds. The minimum Gasteiger partial charge on any atom is -0.357 e. The number of aryl methyl sites for hydroxylation is 1. The summed E-state index contributed by atoms with van der Waals surface area (Å²) in [6, 6.07) is 5.75. The van der Waals surface area contributed by atoms with Crippen molar-refractivity contribution in [1.82, 2.24) is 15.2 Å². The summed E-state index contributed by atoms with van der Waals surface area (Å²) in [7, 11) is 0. The molecule has 0 aliphatic carbocycles. The van der Waals surface area contributed by atoms with Crippen LogP contribution < -0.4 is 16.2 Å². The fourth-order valence-corrected chi connectivity index (χ4v) is 2.08. The first kappa shape index (κ1) is 20.9. The quantitative estimate of drug-likeness (QED) is 0.309. The van der Waals surface area contributed by atoms with Gasteiger partial charge in [0.25, 0.3) is 5.56 Å². The van der Waals surface area contributed by atoms with E-state index in [2.05, 4.69) is 36.4 Å². The summed E-state index contributed by atoms with van der Waals surface area (Å²) < 4.78 is 1.82. The lowest BCUT2D eigenvalue weighted by atomic mass is 10.3. The average molecular weight is 420 g/mol. The molecule has 1 heterocycles. The molecule has 0 aliphatic rings. The van der Waals surface area contributed by atoms with E-state index < -0.39 is 0 Å². The molecular weight excluding hydrogens is 391 g/mol. The van der Waals surface area contributed by atoms with Crippen molar-refractivity contribution >= 4 is 29.9 Å². The van der Waals surface area contributed by atoms with Crippen LogP contribution in [0.2, 0.25) is 0 Å². The highest BCUT2D eigenvalue weighted by Crippen LogP contribution is 1.98. The molecule has 0 fully saturated rings. The maximum Gasteiger partial charge on any atom is 0.250 e. The van der Waals surface area contributed by atoms with Gasteiger partial charge in [-0.15, -0.1) is 24.0 Å². The van der Waals surface area contributed by atoms with Crippen molar-refractivity contribution in [3.63, 3.8) is 0 Å². The van der Waals surface area contributed by atoms with Crippen LogP contribution in [0.4, 0.5) is 0 Å². The van der Waals surface area contributed by atoms with Gasteiger partial charge in [0.15, 0.2) is 5.96 Å². The summed E-state index contributed by atoms with van der Waals surface area (Å²) in [5.41, 5.74) is 1.09. The number of aromatic nitrogens is 1. The maximum absolute atomic E-state index is 11.7. The topological polar surface area (TPSA) is 58.4 Å². The summed E-state index contributed by atoms with van der Waals surface area (Å²) in [5, 5.41) is 6.52. The number of aliphatic imine (C=N–C) groups is 1. The molecule has 0 spiro atoms. The summed E-state index contributed by atoms with van der Waals surface area (Å²) in [5.74, 6) is 0.862. The lowest BCUT2D eigenvalue weighted by Crippen LogP contribution is -2.41. The van der Waals surface area contributed by atoms with Gasteiger partial charge in [0.2, 0.25) is 0 Å². The normalized spacial score (nSPS) is 11.2. The zero-order valence-corrected chi connectivity index (χ0v) is 16.4. The Bertz CT molecular complexity index is 511. The lowest BCUT2D eigenvalue weighted by Gasteiger charge is -2.14. The zero-order valence-electron chi connectivity index (χ0n) is 14.1. The maximum atomic E-state index is 11.7. The second-order valence-electron chi connectivity index (χ2n) is 5.42. The fourth-order valence-electron chi connectivity index (χ4n) is 2.08.